The molecule has 2 aliphatic rings. The van der Waals surface area contributed by atoms with Gasteiger partial charge >= 0.3 is 0 Å². The Morgan fingerprint density at radius 3 is 2.41 bits per heavy atom. The summed E-state index contributed by atoms with van der Waals surface area (Å²) in [6, 6.07) is 6.00. The van der Waals surface area contributed by atoms with Gasteiger partial charge in [0, 0.05) is 37.3 Å². The molecule has 1 aromatic carbocycles. The first-order valence-corrected chi connectivity index (χ1v) is 15.3. The number of carbonyl (C=O) groups is 1. The SMILES string of the molecule is Cc1c(NCCc2ccc(Cl)c(Cl)c2)ncnc1C(=O)N1CCC(N2CCC(NS(C)(=O)=O)CC2)CC1. The molecule has 2 saturated heterocycles. The number of hydrogen-bond acceptors (Lipinski definition) is 7. The lowest BCUT2D eigenvalue weighted by Crippen LogP contribution is -2.51. The van der Waals surface area contributed by atoms with Crippen LogP contribution in [0, 0.1) is 6.92 Å². The highest BCUT2D eigenvalue weighted by Gasteiger charge is 2.31. The number of sulfonamides is 1. The Morgan fingerprint density at radius 1 is 1.05 bits per heavy atom. The van der Waals surface area contributed by atoms with Crippen LogP contribution in [0.2, 0.25) is 10.0 Å². The quantitative estimate of drug-likeness (QED) is 0.502. The number of carbonyl (C=O) groups excluding carboxylic acids is 1. The van der Waals surface area contributed by atoms with E-state index in [-0.39, 0.29) is 11.9 Å². The molecule has 1 aromatic heterocycles. The van der Waals surface area contributed by atoms with Gasteiger partial charge < -0.3 is 15.1 Å². The summed E-state index contributed by atoms with van der Waals surface area (Å²) in [7, 11) is -3.17. The third-order valence-electron chi connectivity index (χ3n) is 7.16. The maximum atomic E-state index is 13.3. The molecule has 37 heavy (non-hydrogen) atoms. The van der Waals surface area contributed by atoms with E-state index in [4.69, 9.17) is 23.2 Å². The predicted molar refractivity (Wildman–Crippen MR) is 147 cm³/mol. The van der Waals surface area contributed by atoms with E-state index in [1.807, 2.05) is 24.0 Å². The van der Waals surface area contributed by atoms with Gasteiger partial charge in [-0.15, -0.1) is 0 Å². The molecule has 0 aliphatic carbocycles. The minimum absolute atomic E-state index is 0.0143. The van der Waals surface area contributed by atoms with E-state index >= 15 is 0 Å². The van der Waals surface area contributed by atoms with Gasteiger partial charge in [0.2, 0.25) is 10.0 Å². The third-order valence-corrected chi connectivity index (χ3v) is 8.66. The van der Waals surface area contributed by atoms with Crippen LogP contribution in [0.4, 0.5) is 5.82 Å². The number of piperidine rings is 2. The van der Waals surface area contributed by atoms with E-state index in [9.17, 15) is 13.2 Å². The van der Waals surface area contributed by atoms with Crippen molar-refractivity contribution in [3.05, 3.63) is 51.4 Å². The number of nitrogens with one attached hydrogen (secondary N) is 2. The van der Waals surface area contributed by atoms with Crippen molar-refractivity contribution in [3.63, 3.8) is 0 Å². The van der Waals surface area contributed by atoms with Gasteiger partial charge in [0.05, 0.1) is 16.3 Å². The van der Waals surface area contributed by atoms with Gasteiger partial charge in [-0.2, -0.15) is 0 Å². The van der Waals surface area contributed by atoms with Crippen LogP contribution in [0.15, 0.2) is 24.5 Å². The average Bonchev–Trinajstić information content (AvgIpc) is 2.86. The number of aromatic nitrogens is 2. The van der Waals surface area contributed by atoms with Gasteiger partial charge in [-0.05, 0) is 69.8 Å². The summed E-state index contributed by atoms with van der Waals surface area (Å²) in [5, 5.41) is 4.38. The summed E-state index contributed by atoms with van der Waals surface area (Å²) < 4.78 is 25.7. The fourth-order valence-electron chi connectivity index (χ4n) is 5.13. The van der Waals surface area contributed by atoms with Crippen LogP contribution in [0.5, 0.6) is 0 Å². The van der Waals surface area contributed by atoms with Gasteiger partial charge in [-0.1, -0.05) is 29.3 Å². The number of benzene rings is 1. The summed E-state index contributed by atoms with van der Waals surface area (Å²) in [4.78, 5) is 26.3. The zero-order valence-corrected chi connectivity index (χ0v) is 23.5. The van der Waals surface area contributed by atoms with Crippen LogP contribution in [-0.2, 0) is 16.4 Å². The monoisotopic (exact) mass is 568 g/mol. The van der Waals surface area contributed by atoms with Crippen LogP contribution >= 0.6 is 23.2 Å². The summed E-state index contributed by atoms with van der Waals surface area (Å²) in [5.41, 5.74) is 2.23. The highest BCUT2D eigenvalue weighted by atomic mass is 35.5. The van der Waals surface area contributed by atoms with Crippen molar-refractivity contribution in [2.24, 2.45) is 0 Å². The maximum Gasteiger partial charge on any atom is 0.272 e. The molecule has 2 fully saturated rings. The van der Waals surface area contributed by atoms with Crippen molar-refractivity contribution in [2.75, 3.05) is 44.3 Å². The van der Waals surface area contributed by atoms with E-state index in [1.54, 1.807) is 6.07 Å². The first kappa shape index (κ1) is 28.0. The Bertz CT molecular complexity index is 1210. The molecule has 12 heteroatoms. The fraction of sp³-hybridized carbons (Fsp3) is 0.560. The lowest BCUT2D eigenvalue weighted by Gasteiger charge is -2.41. The molecule has 3 heterocycles. The first-order chi connectivity index (χ1) is 17.6. The van der Waals surface area contributed by atoms with Gasteiger partial charge in [0.1, 0.15) is 17.8 Å². The molecule has 0 atom stereocenters. The van der Waals surface area contributed by atoms with Crippen molar-refractivity contribution in [1.29, 1.82) is 0 Å². The highest BCUT2D eigenvalue weighted by Crippen LogP contribution is 2.25. The van der Waals surface area contributed by atoms with Crippen molar-refractivity contribution >= 4 is 45.0 Å². The van der Waals surface area contributed by atoms with E-state index in [0.717, 1.165) is 56.3 Å². The zero-order valence-electron chi connectivity index (χ0n) is 21.2. The smallest absolute Gasteiger partial charge is 0.272 e. The molecule has 2 N–H and O–H groups in total. The largest absolute Gasteiger partial charge is 0.369 e. The van der Waals surface area contributed by atoms with Gasteiger partial charge in [-0.25, -0.2) is 23.1 Å². The Hall–Kier alpha value is -1.98. The van der Waals surface area contributed by atoms with Crippen molar-refractivity contribution in [3.8, 4) is 0 Å². The van der Waals surface area contributed by atoms with Crippen LogP contribution < -0.4 is 10.0 Å². The number of halogens is 2. The topological polar surface area (TPSA) is 108 Å². The second-order valence-electron chi connectivity index (χ2n) is 9.84. The van der Waals surface area contributed by atoms with Crippen molar-refractivity contribution in [2.45, 2.75) is 51.1 Å². The summed E-state index contributed by atoms with van der Waals surface area (Å²) in [6.45, 7) is 5.59. The standard InChI is InChI=1S/C25H34Cl2N6O3S/c1-17-23(29-16-30-24(17)28-10-5-18-3-4-21(26)22(27)15-18)25(34)33-13-8-20(9-14-33)32-11-6-19(7-12-32)31-37(2,35)36/h3-4,15-16,19-20,31H,5-14H2,1-2H3,(H,28,29,30). The van der Waals surface area contributed by atoms with Gasteiger partial charge in [0.15, 0.2) is 0 Å². The lowest BCUT2D eigenvalue weighted by atomic mass is 9.98. The molecule has 0 saturated carbocycles. The van der Waals surface area contributed by atoms with Gasteiger partial charge in [0.25, 0.3) is 5.91 Å². The van der Waals surface area contributed by atoms with Crippen LogP contribution in [0.1, 0.15) is 47.3 Å². The molecular weight excluding hydrogens is 535 g/mol. The number of hydrogen-bond donors (Lipinski definition) is 2. The van der Waals surface area contributed by atoms with Crippen molar-refractivity contribution in [1.82, 2.24) is 24.5 Å². The minimum Gasteiger partial charge on any atom is -0.369 e. The first-order valence-electron chi connectivity index (χ1n) is 12.6. The Balaban J connectivity index is 1.28. The second-order valence-corrected chi connectivity index (χ2v) is 12.4. The molecule has 0 bridgehead atoms. The molecule has 0 spiro atoms. The highest BCUT2D eigenvalue weighted by molar-refractivity contribution is 7.88. The number of anilines is 1. The van der Waals surface area contributed by atoms with E-state index in [1.165, 1.54) is 12.6 Å². The Morgan fingerprint density at radius 2 is 1.76 bits per heavy atom. The van der Waals surface area contributed by atoms with E-state index in [0.29, 0.717) is 47.2 Å². The number of nitrogens with zero attached hydrogens (tertiary/aromatic N) is 4. The fourth-order valence-corrected chi connectivity index (χ4v) is 6.30. The summed E-state index contributed by atoms with van der Waals surface area (Å²) in [5.74, 6) is 0.584. The zero-order chi connectivity index (χ0) is 26.6. The average molecular weight is 570 g/mol. The molecule has 1 amide bonds. The molecule has 2 aromatic rings. The molecular formula is C25H34Cl2N6O3S. The molecule has 9 nitrogen and oxygen atoms in total. The lowest BCUT2D eigenvalue weighted by molar-refractivity contribution is 0.0570. The normalized spacial score (nSPS) is 18.2. The number of amides is 1. The second kappa shape index (κ2) is 12.3. The summed E-state index contributed by atoms with van der Waals surface area (Å²) in [6.07, 6.45) is 6.80. The summed E-state index contributed by atoms with van der Waals surface area (Å²) >= 11 is 12.1. The van der Waals surface area contributed by atoms with E-state index < -0.39 is 10.0 Å². The van der Waals surface area contributed by atoms with Gasteiger partial charge in [-0.3, -0.25) is 4.79 Å². The Labute approximate surface area is 229 Å². The van der Waals surface area contributed by atoms with E-state index in [2.05, 4.69) is 24.9 Å². The molecule has 4 rings (SSSR count). The van der Waals surface area contributed by atoms with Crippen LogP contribution in [0.3, 0.4) is 0 Å². The molecule has 202 valence electrons. The molecule has 2 aliphatic heterocycles. The van der Waals surface area contributed by atoms with Crippen molar-refractivity contribution < 1.29 is 13.2 Å². The van der Waals surface area contributed by atoms with Crippen LogP contribution in [0.25, 0.3) is 0 Å². The molecule has 0 unspecified atom stereocenters. The predicted octanol–water partition coefficient (Wildman–Crippen LogP) is 3.36. The molecule has 0 radical (unpaired) electrons. The third kappa shape index (κ3) is 7.54. The minimum atomic E-state index is -3.17. The number of likely N-dealkylation sites (tertiary alicyclic amines) is 2. The maximum absolute atomic E-state index is 13.3. The van der Waals surface area contributed by atoms with Crippen LogP contribution in [-0.4, -0.2) is 85.2 Å². The number of rotatable bonds is 8. The Kier molecular flexibility index (Phi) is 9.29.